The molecule has 0 spiro atoms. The molecule has 0 atom stereocenters. The number of para-hydroxylation sites is 1. The van der Waals surface area contributed by atoms with Crippen LogP contribution < -0.4 is 10.5 Å². The molecule has 0 bridgehead atoms. The van der Waals surface area contributed by atoms with E-state index in [0.29, 0.717) is 0 Å². The summed E-state index contributed by atoms with van der Waals surface area (Å²) in [5.74, 6) is 0.996. The molecule has 2 N–H and O–H groups in total. The van der Waals surface area contributed by atoms with Gasteiger partial charge in [-0.15, -0.1) is 0 Å². The van der Waals surface area contributed by atoms with Gasteiger partial charge in [-0.2, -0.15) is 0 Å². The first-order chi connectivity index (χ1) is 6.74. The predicted octanol–water partition coefficient (Wildman–Crippen LogP) is 2.37. The third-order valence-electron chi connectivity index (χ3n) is 1.99. The quantitative estimate of drug-likeness (QED) is 0.779. The Morgan fingerprint density at radius 1 is 1.29 bits per heavy atom. The fraction of sp³-hybridized carbons (Fsp3) is 0.500. The zero-order valence-corrected chi connectivity index (χ0v) is 8.99. The van der Waals surface area contributed by atoms with E-state index in [0.717, 1.165) is 25.1 Å². The Kier molecular flexibility index (Phi) is 4.47. The molecular weight excluding hydrogens is 174 g/mol. The van der Waals surface area contributed by atoms with Crippen LogP contribution in [0.3, 0.4) is 0 Å². The normalized spacial score (nSPS) is 10.6. The zero-order valence-electron chi connectivity index (χ0n) is 8.99. The topological polar surface area (TPSA) is 35.2 Å². The average molecular weight is 193 g/mol. The molecule has 1 aromatic rings. The maximum atomic E-state index is 5.70. The first-order valence-electron chi connectivity index (χ1n) is 5.18. The van der Waals surface area contributed by atoms with Crippen molar-refractivity contribution in [2.75, 3.05) is 6.54 Å². The van der Waals surface area contributed by atoms with Crippen molar-refractivity contribution in [1.29, 1.82) is 0 Å². The summed E-state index contributed by atoms with van der Waals surface area (Å²) in [4.78, 5) is 0. The second-order valence-electron chi connectivity index (χ2n) is 3.67. The predicted molar refractivity (Wildman–Crippen MR) is 59.6 cm³/mol. The minimum atomic E-state index is 0.231. The molecule has 0 aliphatic carbocycles. The standard InChI is InChI=1S/C12H19NO/c1-10(2)14-12-8-4-3-6-11(12)7-5-9-13/h3-4,6,8,10H,5,7,9,13H2,1-2H3. The Labute approximate surface area is 86.1 Å². The highest BCUT2D eigenvalue weighted by Gasteiger charge is 2.03. The van der Waals surface area contributed by atoms with Gasteiger partial charge in [0.25, 0.3) is 0 Å². The number of hydrogen-bond donors (Lipinski definition) is 1. The van der Waals surface area contributed by atoms with Gasteiger partial charge in [-0.1, -0.05) is 18.2 Å². The summed E-state index contributed by atoms with van der Waals surface area (Å²) in [6.07, 6.45) is 2.24. The minimum absolute atomic E-state index is 0.231. The van der Waals surface area contributed by atoms with Gasteiger partial charge in [-0.25, -0.2) is 0 Å². The summed E-state index contributed by atoms with van der Waals surface area (Å²) in [6.45, 7) is 4.81. The molecule has 0 fully saturated rings. The highest BCUT2D eigenvalue weighted by molar-refractivity contribution is 5.33. The van der Waals surface area contributed by atoms with Crippen LogP contribution in [0.15, 0.2) is 24.3 Å². The van der Waals surface area contributed by atoms with Gasteiger partial charge >= 0.3 is 0 Å². The van der Waals surface area contributed by atoms with E-state index in [2.05, 4.69) is 6.07 Å². The van der Waals surface area contributed by atoms with E-state index in [1.165, 1.54) is 5.56 Å². The summed E-state index contributed by atoms with van der Waals surface area (Å²) in [7, 11) is 0. The summed E-state index contributed by atoms with van der Waals surface area (Å²) in [5.41, 5.74) is 6.74. The zero-order chi connectivity index (χ0) is 10.4. The molecule has 1 rings (SSSR count). The fourth-order valence-electron chi connectivity index (χ4n) is 1.37. The molecule has 0 radical (unpaired) electrons. The molecule has 78 valence electrons. The Morgan fingerprint density at radius 3 is 2.64 bits per heavy atom. The molecular formula is C12H19NO. The third-order valence-corrected chi connectivity index (χ3v) is 1.99. The van der Waals surface area contributed by atoms with Crippen molar-refractivity contribution < 1.29 is 4.74 Å². The first kappa shape index (κ1) is 11.1. The van der Waals surface area contributed by atoms with E-state index in [4.69, 9.17) is 10.5 Å². The molecule has 0 unspecified atom stereocenters. The molecule has 1 aromatic carbocycles. The van der Waals surface area contributed by atoms with Crippen molar-refractivity contribution >= 4 is 0 Å². The number of ether oxygens (including phenoxy) is 1. The van der Waals surface area contributed by atoms with Crippen molar-refractivity contribution in [3.63, 3.8) is 0 Å². The van der Waals surface area contributed by atoms with Crippen molar-refractivity contribution in [2.24, 2.45) is 5.73 Å². The monoisotopic (exact) mass is 193 g/mol. The molecule has 0 aliphatic heterocycles. The summed E-state index contributed by atoms with van der Waals surface area (Å²) < 4.78 is 5.70. The van der Waals surface area contributed by atoms with E-state index in [1.807, 2.05) is 32.0 Å². The summed E-state index contributed by atoms with van der Waals surface area (Å²) in [6, 6.07) is 8.17. The van der Waals surface area contributed by atoms with E-state index >= 15 is 0 Å². The van der Waals surface area contributed by atoms with E-state index < -0.39 is 0 Å². The van der Waals surface area contributed by atoms with Crippen LogP contribution >= 0.6 is 0 Å². The lowest BCUT2D eigenvalue weighted by Crippen LogP contribution is -2.08. The molecule has 14 heavy (non-hydrogen) atoms. The van der Waals surface area contributed by atoms with Crippen LogP contribution in [0.25, 0.3) is 0 Å². The highest BCUT2D eigenvalue weighted by atomic mass is 16.5. The maximum absolute atomic E-state index is 5.70. The molecule has 0 amide bonds. The van der Waals surface area contributed by atoms with Crippen LogP contribution in [0.5, 0.6) is 5.75 Å². The molecule has 0 aliphatic rings. The molecule has 0 saturated heterocycles. The van der Waals surface area contributed by atoms with Crippen LogP contribution in [-0.4, -0.2) is 12.6 Å². The van der Waals surface area contributed by atoms with E-state index in [9.17, 15) is 0 Å². The first-order valence-corrected chi connectivity index (χ1v) is 5.18. The highest BCUT2D eigenvalue weighted by Crippen LogP contribution is 2.20. The molecule has 0 aromatic heterocycles. The SMILES string of the molecule is CC(C)Oc1ccccc1CCCN. The largest absolute Gasteiger partial charge is 0.491 e. The lowest BCUT2D eigenvalue weighted by atomic mass is 10.1. The van der Waals surface area contributed by atoms with Crippen LogP contribution in [0.2, 0.25) is 0 Å². The Morgan fingerprint density at radius 2 is 2.00 bits per heavy atom. The van der Waals surface area contributed by atoms with Gasteiger partial charge in [0.2, 0.25) is 0 Å². The van der Waals surface area contributed by atoms with Gasteiger partial charge in [-0.3, -0.25) is 0 Å². The lowest BCUT2D eigenvalue weighted by Gasteiger charge is -2.13. The van der Waals surface area contributed by atoms with Crippen LogP contribution in [-0.2, 0) is 6.42 Å². The molecule has 2 nitrogen and oxygen atoms in total. The Hall–Kier alpha value is -1.02. The number of aryl methyl sites for hydroxylation is 1. The maximum Gasteiger partial charge on any atom is 0.122 e. The lowest BCUT2D eigenvalue weighted by molar-refractivity contribution is 0.240. The number of nitrogens with two attached hydrogens (primary N) is 1. The van der Waals surface area contributed by atoms with Crippen molar-refractivity contribution in [3.05, 3.63) is 29.8 Å². The van der Waals surface area contributed by atoms with Gasteiger partial charge in [0.1, 0.15) is 5.75 Å². The second kappa shape index (κ2) is 5.66. The van der Waals surface area contributed by atoms with Crippen molar-refractivity contribution in [1.82, 2.24) is 0 Å². The molecule has 0 heterocycles. The Bertz CT molecular complexity index is 271. The number of hydrogen-bond acceptors (Lipinski definition) is 2. The third kappa shape index (κ3) is 3.38. The van der Waals surface area contributed by atoms with Gasteiger partial charge in [-0.05, 0) is 44.9 Å². The van der Waals surface area contributed by atoms with Crippen LogP contribution in [0, 0.1) is 0 Å². The minimum Gasteiger partial charge on any atom is -0.491 e. The molecule has 0 saturated carbocycles. The van der Waals surface area contributed by atoms with Gasteiger partial charge in [0.15, 0.2) is 0 Å². The van der Waals surface area contributed by atoms with Crippen LogP contribution in [0.4, 0.5) is 0 Å². The fourth-order valence-corrected chi connectivity index (χ4v) is 1.37. The number of benzene rings is 1. The summed E-state index contributed by atoms with van der Waals surface area (Å²) in [5, 5.41) is 0. The van der Waals surface area contributed by atoms with E-state index in [-0.39, 0.29) is 6.10 Å². The number of rotatable bonds is 5. The molecule has 2 heteroatoms. The van der Waals surface area contributed by atoms with Gasteiger partial charge in [0, 0.05) is 0 Å². The van der Waals surface area contributed by atoms with E-state index in [1.54, 1.807) is 0 Å². The van der Waals surface area contributed by atoms with Crippen LogP contribution in [0.1, 0.15) is 25.8 Å². The van der Waals surface area contributed by atoms with Crippen molar-refractivity contribution in [3.8, 4) is 5.75 Å². The smallest absolute Gasteiger partial charge is 0.122 e. The van der Waals surface area contributed by atoms with Gasteiger partial charge in [0.05, 0.1) is 6.10 Å². The summed E-state index contributed by atoms with van der Waals surface area (Å²) >= 11 is 0. The second-order valence-corrected chi connectivity index (χ2v) is 3.67. The Balaban J connectivity index is 2.69. The van der Waals surface area contributed by atoms with Crippen molar-refractivity contribution in [2.45, 2.75) is 32.8 Å². The van der Waals surface area contributed by atoms with Gasteiger partial charge < -0.3 is 10.5 Å². The average Bonchev–Trinajstić information content (AvgIpc) is 2.16.